The van der Waals surface area contributed by atoms with E-state index in [-0.39, 0.29) is 6.04 Å². The van der Waals surface area contributed by atoms with Crippen molar-refractivity contribution in [1.29, 1.82) is 0 Å². The maximum Gasteiger partial charge on any atom is 0.165 e. The van der Waals surface area contributed by atoms with Gasteiger partial charge in [0.2, 0.25) is 0 Å². The largest absolute Gasteiger partial charge is 0.494 e. The van der Waals surface area contributed by atoms with Crippen LogP contribution in [0.4, 0.5) is 0 Å². The van der Waals surface area contributed by atoms with E-state index < -0.39 is 0 Å². The fourth-order valence-corrected chi connectivity index (χ4v) is 4.01. The van der Waals surface area contributed by atoms with Gasteiger partial charge in [0.05, 0.1) is 26.9 Å². The number of nitrogens with zero attached hydrogens (tertiary/aromatic N) is 1. The highest BCUT2D eigenvalue weighted by Gasteiger charge is 2.30. The van der Waals surface area contributed by atoms with E-state index in [2.05, 4.69) is 16.3 Å². The van der Waals surface area contributed by atoms with Crippen LogP contribution in [0.5, 0.6) is 17.2 Å². The van der Waals surface area contributed by atoms with Gasteiger partial charge in [-0.25, -0.2) is 0 Å². The Balaban J connectivity index is 2.18. The van der Waals surface area contributed by atoms with Crippen LogP contribution in [0.25, 0.3) is 0 Å². The van der Waals surface area contributed by atoms with Crippen LogP contribution in [-0.4, -0.2) is 51.9 Å². The van der Waals surface area contributed by atoms with Crippen molar-refractivity contribution in [2.45, 2.75) is 19.4 Å². The number of para-hydroxylation sites is 1. The van der Waals surface area contributed by atoms with Crippen LogP contribution in [0.15, 0.2) is 36.4 Å². The average Bonchev–Trinajstić information content (AvgIpc) is 2.99. The lowest BCUT2D eigenvalue weighted by Gasteiger charge is -2.33. The van der Waals surface area contributed by atoms with E-state index in [0.29, 0.717) is 11.6 Å². The summed E-state index contributed by atoms with van der Waals surface area (Å²) in [5.74, 6) is 2.31. The van der Waals surface area contributed by atoms with Crippen LogP contribution in [0.3, 0.4) is 0 Å². The Bertz CT molecular complexity index is 776. The predicted octanol–water partition coefficient (Wildman–Crippen LogP) is 4.14. The van der Waals surface area contributed by atoms with E-state index in [1.165, 1.54) is 0 Å². The summed E-state index contributed by atoms with van der Waals surface area (Å²) in [5.41, 5.74) is 2.09. The predicted molar refractivity (Wildman–Crippen MR) is 113 cm³/mol. The van der Waals surface area contributed by atoms with Gasteiger partial charge < -0.3 is 19.5 Å². The molecule has 0 saturated carbocycles. The number of nitrogens with one attached hydrogen (secondary N) is 1. The van der Waals surface area contributed by atoms with Gasteiger partial charge in [-0.05, 0) is 44.2 Å². The molecule has 6 heteroatoms. The zero-order valence-electron chi connectivity index (χ0n) is 16.8. The van der Waals surface area contributed by atoms with Gasteiger partial charge in [0.1, 0.15) is 5.75 Å². The minimum atomic E-state index is -0.0507. The molecule has 0 spiro atoms. The third-order valence-electron chi connectivity index (χ3n) is 5.03. The molecule has 2 aromatic carbocycles. The number of halogens is 1. The third-order valence-corrected chi connectivity index (χ3v) is 5.27. The fourth-order valence-electron chi connectivity index (χ4n) is 3.83. The van der Waals surface area contributed by atoms with Gasteiger partial charge in [-0.15, -0.1) is 0 Å². The summed E-state index contributed by atoms with van der Waals surface area (Å²) in [6.45, 7) is 6.44. The summed E-state index contributed by atoms with van der Waals surface area (Å²) in [4.78, 5) is 2.46. The van der Waals surface area contributed by atoms with Gasteiger partial charge in [-0.3, -0.25) is 4.90 Å². The molecule has 2 aromatic rings. The van der Waals surface area contributed by atoms with Gasteiger partial charge in [0, 0.05) is 35.8 Å². The molecule has 0 radical (unpaired) electrons. The van der Waals surface area contributed by atoms with Crippen molar-refractivity contribution in [2.75, 3.05) is 47.0 Å². The minimum absolute atomic E-state index is 0.0507. The van der Waals surface area contributed by atoms with E-state index in [0.717, 1.165) is 61.0 Å². The topological polar surface area (TPSA) is 43.0 Å². The molecule has 0 amide bonds. The molecule has 1 saturated heterocycles. The Morgan fingerprint density at radius 1 is 1.04 bits per heavy atom. The summed E-state index contributed by atoms with van der Waals surface area (Å²) in [5, 5.41) is 4.18. The van der Waals surface area contributed by atoms with Crippen molar-refractivity contribution in [2.24, 2.45) is 0 Å². The summed E-state index contributed by atoms with van der Waals surface area (Å²) in [7, 11) is 3.35. The molecule has 1 aliphatic rings. The molecule has 1 fully saturated rings. The van der Waals surface area contributed by atoms with Crippen molar-refractivity contribution >= 4 is 11.6 Å². The van der Waals surface area contributed by atoms with Crippen molar-refractivity contribution in [3.63, 3.8) is 0 Å². The lowest BCUT2D eigenvalue weighted by molar-refractivity contribution is 0.227. The molecule has 3 rings (SSSR count). The molecule has 1 atom stereocenters. The molecule has 1 heterocycles. The molecule has 5 nitrogen and oxygen atoms in total. The summed E-state index contributed by atoms with van der Waals surface area (Å²) < 4.78 is 17.3. The molecule has 0 aromatic heterocycles. The number of hydrogen-bond donors (Lipinski definition) is 1. The monoisotopic (exact) mass is 404 g/mol. The first-order chi connectivity index (χ1) is 13.7. The Morgan fingerprint density at radius 3 is 2.64 bits per heavy atom. The van der Waals surface area contributed by atoms with E-state index in [1.54, 1.807) is 14.2 Å². The maximum atomic E-state index is 6.41. The Kier molecular flexibility index (Phi) is 7.43. The zero-order chi connectivity index (χ0) is 19.9. The molecule has 0 aliphatic carbocycles. The quantitative estimate of drug-likeness (QED) is 0.751. The first-order valence-corrected chi connectivity index (χ1v) is 10.1. The molecular formula is C22H29ClN2O3. The van der Waals surface area contributed by atoms with Gasteiger partial charge >= 0.3 is 0 Å². The highest BCUT2D eigenvalue weighted by Crippen LogP contribution is 2.43. The molecule has 0 bridgehead atoms. The number of rotatable bonds is 7. The van der Waals surface area contributed by atoms with Gasteiger partial charge in [0.25, 0.3) is 0 Å². The van der Waals surface area contributed by atoms with E-state index in [4.69, 9.17) is 25.8 Å². The van der Waals surface area contributed by atoms with Crippen LogP contribution < -0.4 is 19.5 Å². The molecule has 1 unspecified atom stereocenters. The average molecular weight is 405 g/mol. The Hall–Kier alpha value is -1.95. The third kappa shape index (κ3) is 4.54. The first-order valence-electron chi connectivity index (χ1n) is 9.77. The van der Waals surface area contributed by atoms with Crippen LogP contribution >= 0.6 is 11.6 Å². The fraction of sp³-hybridized carbons (Fsp3) is 0.455. The van der Waals surface area contributed by atoms with E-state index in [1.807, 2.05) is 37.3 Å². The van der Waals surface area contributed by atoms with Crippen LogP contribution in [0, 0.1) is 0 Å². The highest BCUT2D eigenvalue weighted by molar-refractivity contribution is 6.30. The number of hydrogen-bond acceptors (Lipinski definition) is 5. The summed E-state index contributed by atoms with van der Waals surface area (Å²) in [6, 6.07) is 11.8. The lowest BCUT2D eigenvalue weighted by Crippen LogP contribution is -2.33. The van der Waals surface area contributed by atoms with Crippen LogP contribution in [0.2, 0.25) is 5.02 Å². The van der Waals surface area contributed by atoms with Gasteiger partial charge in [-0.2, -0.15) is 0 Å². The summed E-state index contributed by atoms with van der Waals surface area (Å²) in [6.07, 6.45) is 1.08. The molecule has 1 aliphatic heterocycles. The Morgan fingerprint density at radius 2 is 1.89 bits per heavy atom. The standard InChI is InChI=1S/C22H29ClN2O3/c1-4-28-19-10-9-16(23)15-18(19)21(25-13-6-11-24-12-14-25)17-7-5-8-20(26-2)22(17)27-3/h5,7-10,15,21,24H,4,6,11-14H2,1-3H3. The normalized spacial score (nSPS) is 16.3. The molecule has 1 N–H and O–H groups in total. The highest BCUT2D eigenvalue weighted by atomic mass is 35.5. The van der Waals surface area contributed by atoms with Crippen molar-refractivity contribution in [1.82, 2.24) is 10.2 Å². The second-order valence-electron chi connectivity index (χ2n) is 6.74. The summed E-state index contributed by atoms with van der Waals surface area (Å²) >= 11 is 6.41. The maximum absolute atomic E-state index is 6.41. The first kappa shape index (κ1) is 20.8. The number of ether oxygens (including phenoxy) is 3. The minimum Gasteiger partial charge on any atom is -0.494 e. The smallest absolute Gasteiger partial charge is 0.165 e. The van der Waals surface area contributed by atoms with Gasteiger partial charge in [0.15, 0.2) is 11.5 Å². The van der Waals surface area contributed by atoms with E-state index in [9.17, 15) is 0 Å². The molecule has 28 heavy (non-hydrogen) atoms. The van der Waals surface area contributed by atoms with Crippen LogP contribution in [-0.2, 0) is 0 Å². The molecular weight excluding hydrogens is 376 g/mol. The lowest BCUT2D eigenvalue weighted by atomic mass is 9.94. The number of benzene rings is 2. The second kappa shape index (κ2) is 10.0. The Labute approximate surface area is 172 Å². The SMILES string of the molecule is CCOc1ccc(Cl)cc1C(c1cccc(OC)c1OC)N1CCCNCC1. The van der Waals surface area contributed by atoms with Crippen LogP contribution in [0.1, 0.15) is 30.5 Å². The van der Waals surface area contributed by atoms with Crippen molar-refractivity contribution < 1.29 is 14.2 Å². The van der Waals surface area contributed by atoms with Gasteiger partial charge in [-0.1, -0.05) is 23.7 Å². The van der Waals surface area contributed by atoms with E-state index >= 15 is 0 Å². The number of methoxy groups -OCH3 is 2. The molecule has 152 valence electrons. The second-order valence-corrected chi connectivity index (χ2v) is 7.18. The zero-order valence-corrected chi connectivity index (χ0v) is 17.6. The van der Waals surface area contributed by atoms with Crippen molar-refractivity contribution in [3.05, 3.63) is 52.5 Å². The van der Waals surface area contributed by atoms with Crippen molar-refractivity contribution in [3.8, 4) is 17.2 Å².